The van der Waals surface area contributed by atoms with Crippen LogP contribution in [0.25, 0.3) is 0 Å². The van der Waals surface area contributed by atoms with E-state index in [1.54, 1.807) is 13.2 Å². The van der Waals surface area contributed by atoms with Crippen molar-refractivity contribution >= 4 is 23.0 Å². The van der Waals surface area contributed by atoms with Gasteiger partial charge in [0, 0.05) is 0 Å². The molecule has 0 saturated carbocycles. The molecule has 1 amide bonds. The molecule has 0 aromatic rings. The van der Waals surface area contributed by atoms with E-state index in [0.717, 1.165) is 11.8 Å². The zero-order valence-corrected chi connectivity index (χ0v) is 7.53. The zero-order valence-electron chi connectivity index (χ0n) is 6.71. The van der Waals surface area contributed by atoms with Crippen molar-refractivity contribution in [1.82, 2.24) is 5.32 Å². The van der Waals surface area contributed by atoms with E-state index in [2.05, 4.69) is 10.1 Å². The van der Waals surface area contributed by atoms with Crippen LogP contribution in [0.15, 0.2) is 0 Å². The number of rotatable bonds is 2. The molecule has 0 heterocycles. The standard InChI is InChI=1S/C6H11NO3S/c1-4(5(8)10-2)7-6(9)11-3/h4H,1-3H3,(H,7,9)/t4-/m0/s1. The van der Waals surface area contributed by atoms with Gasteiger partial charge >= 0.3 is 5.97 Å². The van der Waals surface area contributed by atoms with Crippen molar-refractivity contribution in [1.29, 1.82) is 0 Å². The highest BCUT2D eigenvalue weighted by Crippen LogP contribution is 1.95. The van der Waals surface area contributed by atoms with Gasteiger partial charge in [-0.3, -0.25) is 4.79 Å². The summed E-state index contributed by atoms with van der Waals surface area (Å²) in [7, 11) is 1.28. The molecule has 1 N–H and O–H groups in total. The van der Waals surface area contributed by atoms with E-state index in [1.807, 2.05) is 0 Å². The lowest BCUT2D eigenvalue weighted by Gasteiger charge is -2.09. The number of hydrogen-bond donors (Lipinski definition) is 1. The van der Waals surface area contributed by atoms with Crippen molar-refractivity contribution in [2.75, 3.05) is 13.4 Å². The van der Waals surface area contributed by atoms with Gasteiger partial charge in [-0.25, -0.2) is 4.79 Å². The molecule has 1 atom stereocenters. The highest BCUT2D eigenvalue weighted by molar-refractivity contribution is 8.12. The lowest BCUT2D eigenvalue weighted by molar-refractivity contribution is -0.142. The van der Waals surface area contributed by atoms with Gasteiger partial charge in [0.05, 0.1) is 7.11 Å². The summed E-state index contributed by atoms with van der Waals surface area (Å²) in [5, 5.41) is 2.20. The lowest BCUT2D eigenvalue weighted by atomic mass is 10.4. The first-order chi connectivity index (χ1) is 5.11. The van der Waals surface area contributed by atoms with Crippen LogP contribution in [0.5, 0.6) is 0 Å². The molecule has 4 nitrogen and oxygen atoms in total. The highest BCUT2D eigenvalue weighted by Gasteiger charge is 2.14. The Bertz CT molecular complexity index is 160. The van der Waals surface area contributed by atoms with Crippen LogP contribution >= 0.6 is 11.8 Å². The van der Waals surface area contributed by atoms with Crippen LogP contribution in [0.1, 0.15) is 6.92 Å². The summed E-state index contributed by atoms with van der Waals surface area (Å²) in [6.07, 6.45) is 1.64. The SMILES string of the molecule is COC(=O)[C@H](C)NC(=O)SC. The van der Waals surface area contributed by atoms with Crippen LogP contribution in [-0.4, -0.2) is 30.6 Å². The van der Waals surface area contributed by atoms with Crippen LogP contribution in [0.3, 0.4) is 0 Å². The molecule has 0 bridgehead atoms. The maximum atomic E-state index is 10.7. The number of carbonyl (C=O) groups is 2. The Labute approximate surface area is 69.7 Å². The topological polar surface area (TPSA) is 55.4 Å². The second-order valence-electron chi connectivity index (χ2n) is 1.88. The average Bonchev–Trinajstić information content (AvgIpc) is 2.02. The van der Waals surface area contributed by atoms with E-state index in [9.17, 15) is 9.59 Å². The summed E-state index contributed by atoms with van der Waals surface area (Å²) in [4.78, 5) is 21.4. The minimum atomic E-state index is -0.569. The summed E-state index contributed by atoms with van der Waals surface area (Å²) in [6, 6.07) is -0.569. The second-order valence-corrected chi connectivity index (χ2v) is 2.66. The smallest absolute Gasteiger partial charge is 0.328 e. The van der Waals surface area contributed by atoms with Crippen LogP contribution < -0.4 is 5.32 Å². The van der Waals surface area contributed by atoms with Gasteiger partial charge in [0.1, 0.15) is 6.04 Å². The monoisotopic (exact) mass is 177 g/mol. The summed E-state index contributed by atoms with van der Waals surface area (Å²) in [6.45, 7) is 1.57. The maximum absolute atomic E-state index is 10.7. The lowest BCUT2D eigenvalue weighted by Crippen LogP contribution is -2.36. The van der Waals surface area contributed by atoms with E-state index in [1.165, 1.54) is 7.11 Å². The summed E-state index contributed by atoms with van der Waals surface area (Å²) in [5.74, 6) is -0.438. The van der Waals surface area contributed by atoms with Crippen molar-refractivity contribution in [2.45, 2.75) is 13.0 Å². The van der Waals surface area contributed by atoms with E-state index >= 15 is 0 Å². The fourth-order valence-corrected chi connectivity index (χ4v) is 0.766. The molecule has 11 heavy (non-hydrogen) atoms. The molecule has 64 valence electrons. The Morgan fingerprint density at radius 2 is 2.09 bits per heavy atom. The predicted molar refractivity (Wildman–Crippen MR) is 43.5 cm³/mol. The Kier molecular flexibility index (Phi) is 4.69. The van der Waals surface area contributed by atoms with Gasteiger partial charge in [-0.05, 0) is 13.2 Å². The third kappa shape index (κ3) is 3.87. The Morgan fingerprint density at radius 1 is 1.55 bits per heavy atom. The predicted octanol–water partition coefficient (Wildman–Crippen LogP) is 0.620. The molecule has 0 aliphatic carbocycles. The number of esters is 1. The first-order valence-electron chi connectivity index (χ1n) is 3.04. The minimum absolute atomic E-state index is 0.233. The normalized spacial score (nSPS) is 11.9. The summed E-state index contributed by atoms with van der Waals surface area (Å²) >= 11 is 1.02. The van der Waals surface area contributed by atoms with Gasteiger partial charge in [0.25, 0.3) is 5.24 Å². The summed E-state index contributed by atoms with van der Waals surface area (Å²) in [5.41, 5.74) is 0. The zero-order chi connectivity index (χ0) is 8.85. The molecule has 0 unspecified atom stereocenters. The molecule has 5 heteroatoms. The first kappa shape index (κ1) is 10.3. The molecule has 0 aliphatic rings. The van der Waals surface area contributed by atoms with E-state index in [0.29, 0.717) is 0 Å². The average molecular weight is 177 g/mol. The third-order valence-corrected chi connectivity index (χ3v) is 1.56. The Morgan fingerprint density at radius 3 is 2.45 bits per heavy atom. The van der Waals surface area contributed by atoms with Crippen molar-refractivity contribution in [2.24, 2.45) is 0 Å². The summed E-state index contributed by atoms with van der Waals surface area (Å²) < 4.78 is 4.39. The molecule has 0 radical (unpaired) electrons. The van der Waals surface area contributed by atoms with Crippen LogP contribution in [0.4, 0.5) is 4.79 Å². The van der Waals surface area contributed by atoms with Crippen LogP contribution in [-0.2, 0) is 9.53 Å². The molecule has 0 rings (SSSR count). The van der Waals surface area contributed by atoms with Crippen molar-refractivity contribution in [3.05, 3.63) is 0 Å². The van der Waals surface area contributed by atoms with Gasteiger partial charge in [0.15, 0.2) is 0 Å². The fourth-order valence-electron chi connectivity index (χ4n) is 0.471. The van der Waals surface area contributed by atoms with Gasteiger partial charge in [0.2, 0.25) is 0 Å². The van der Waals surface area contributed by atoms with Crippen molar-refractivity contribution < 1.29 is 14.3 Å². The molecule has 0 saturated heterocycles. The van der Waals surface area contributed by atoms with E-state index in [-0.39, 0.29) is 5.24 Å². The number of thioether (sulfide) groups is 1. The number of hydrogen-bond acceptors (Lipinski definition) is 4. The molecular weight excluding hydrogens is 166 g/mol. The first-order valence-corrected chi connectivity index (χ1v) is 4.26. The molecular formula is C6H11NO3S. The van der Waals surface area contributed by atoms with E-state index in [4.69, 9.17) is 0 Å². The van der Waals surface area contributed by atoms with Crippen LogP contribution in [0.2, 0.25) is 0 Å². The molecule has 0 aromatic carbocycles. The number of ether oxygens (including phenoxy) is 1. The molecule has 0 spiro atoms. The highest BCUT2D eigenvalue weighted by atomic mass is 32.2. The maximum Gasteiger partial charge on any atom is 0.328 e. The van der Waals surface area contributed by atoms with Crippen molar-refractivity contribution in [3.8, 4) is 0 Å². The van der Waals surface area contributed by atoms with Gasteiger partial charge in [-0.1, -0.05) is 11.8 Å². The fraction of sp³-hybridized carbons (Fsp3) is 0.667. The van der Waals surface area contributed by atoms with Gasteiger partial charge < -0.3 is 10.1 Å². The third-order valence-electron chi connectivity index (χ3n) is 1.07. The quantitative estimate of drug-likeness (QED) is 0.628. The number of nitrogens with one attached hydrogen (secondary N) is 1. The largest absolute Gasteiger partial charge is 0.467 e. The van der Waals surface area contributed by atoms with Crippen molar-refractivity contribution in [3.63, 3.8) is 0 Å². The van der Waals surface area contributed by atoms with Crippen LogP contribution in [0, 0.1) is 0 Å². The molecule has 0 fully saturated rings. The number of carbonyl (C=O) groups excluding carboxylic acids is 2. The number of amides is 1. The van der Waals surface area contributed by atoms with Gasteiger partial charge in [-0.15, -0.1) is 0 Å². The minimum Gasteiger partial charge on any atom is -0.467 e. The Balaban J connectivity index is 3.77. The van der Waals surface area contributed by atoms with E-state index < -0.39 is 12.0 Å². The van der Waals surface area contributed by atoms with Gasteiger partial charge in [-0.2, -0.15) is 0 Å². The molecule has 0 aromatic heterocycles. The molecule has 0 aliphatic heterocycles. The Hall–Kier alpha value is -0.710. The number of methoxy groups -OCH3 is 1. The second kappa shape index (κ2) is 5.01.